The number of oxazole rings is 1. The average molecular weight is 487 g/mol. The molecule has 0 amide bonds. The Bertz CT molecular complexity index is 965. The zero-order chi connectivity index (χ0) is 25.2. The van der Waals surface area contributed by atoms with Crippen molar-refractivity contribution in [1.29, 1.82) is 0 Å². The molecule has 1 saturated carbocycles. The van der Waals surface area contributed by atoms with E-state index in [1.165, 1.54) is 19.3 Å². The number of carboxylic acid groups (broad SMARTS) is 1. The molecule has 192 valence electrons. The van der Waals surface area contributed by atoms with E-state index >= 15 is 0 Å². The fourth-order valence-electron chi connectivity index (χ4n) is 4.51. The van der Waals surface area contributed by atoms with Crippen molar-refractivity contribution in [3.63, 3.8) is 0 Å². The van der Waals surface area contributed by atoms with Crippen molar-refractivity contribution in [2.24, 2.45) is 0 Å². The SMILES string of the molecule is Cc1oc(C2CCCCC2)nc1CCOc1ccc(CCC(=O)O)c(CN(CC=O)OC(C)C)c1. The molecule has 0 radical (unpaired) electrons. The Kier molecular flexibility index (Phi) is 10.3. The van der Waals surface area contributed by atoms with Crippen LogP contribution in [0.15, 0.2) is 22.6 Å². The topological polar surface area (TPSA) is 102 Å². The van der Waals surface area contributed by atoms with Crippen LogP contribution >= 0.6 is 0 Å². The number of nitrogens with zero attached hydrogens (tertiary/aromatic N) is 2. The van der Waals surface area contributed by atoms with E-state index in [-0.39, 0.29) is 19.1 Å². The van der Waals surface area contributed by atoms with E-state index < -0.39 is 5.97 Å². The van der Waals surface area contributed by atoms with Crippen molar-refractivity contribution in [2.45, 2.75) is 90.7 Å². The number of rotatable bonds is 14. The minimum Gasteiger partial charge on any atom is -0.493 e. The van der Waals surface area contributed by atoms with Gasteiger partial charge in [0.2, 0.25) is 0 Å². The van der Waals surface area contributed by atoms with Gasteiger partial charge in [0.25, 0.3) is 0 Å². The molecule has 35 heavy (non-hydrogen) atoms. The first-order valence-electron chi connectivity index (χ1n) is 12.6. The molecule has 0 aliphatic heterocycles. The highest BCUT2D eigenvalue weighted by Gasteiger charge is 2.22. The van der Waals surface area contributed by atoms with Crippen LogP contribution in [0.3, 0.4) is 0 Å². The number of aldehydes is 1. The van der Waals surface area contributed by atoms with Gasteiger partial charge >= 0.3 is 5.97 Å². The van der Waals surface area contributed by atoms with Gasteiger partial charge < -0.3 is 19.1 Å². The third kappa shape index (κ3) is 8.47. The van der Waals surface area contributed by atoms with Crippen LogP contribution < -0.4 is 4.74 Å². The van der Waals surface area contributed by atoms with E-state index in [0.29, 0.717) is 37.7 Å². The van der Waals surface area contributed by atoms with Crippen LogP contribution in [0.2, 0.25) is 0 Å². The number of hydroxylamine groups is 2. The van der Waals surface area contributed by atoms with Crippen molar-refractivity contribution < 1.29 is 28.7 Å². The monoisotopic (exact) mass is 486 g/mol. The first-order valence-corrected chi connectivity index (χ1v) is 12.6. The maximum absolute atomic E-state index is 11.1. The smallest absolute Gasteiger partial charge is 0.303 e. The lowest BCUT2D eigenvalue weighted by molar-refractivity contribution is -0.192. The van der Waals surface area contributed by atoms with Gasteiger partial charge in [-0.15, -0.1) is 0 Å². The maximum atomic E-state index is 11.1. The van der Waals surface area contributed by atoms with Gasteiger partial charge in [-0.3, -0.25) is 9.63 Å². The largest absolute Gasteiger partial charge is 0.493 e. The van der Waals surface area contributed by atoms with Gasteiger partial charge in [0.1, 0.15) is 17.8 Å². The highest BCUT2D eigenvalue weighted by atomic mass is 16.7. The molecule has 0 spiro atoms. The van der Waals surface area contributed by atoms with Gasteiger partial charge in [-0.25, -0.2) is 4.98 Å². The third-order valence-electron chi connectivity index (χ3n) is 6.24. The normalized spacial score (nSPS) is 14.5. The van der Waals surface area contributed by atoms with Gasteiger partial charge in [0.05, 0.1) is 24.9 Å². The maximum Gasteiger partial charge on any atom is 0.303 e. The summed E-state index contributed by atoms with van der Waals surface area (Å²) in [6, 6.07) is 5.66. The van der Waals surface area contributed by atoms with Crippen LogP contribution in [0.5, 0.6) is 5.75 Å². The molecule has 1 aromatic heterocycles. The molecule has 1 N–H and O–H groups in total. The van der Waals surface area contributed by atoms with Crippen molar-refractivity contribution in [3.8, 4) is 5.75 Å². The molecule has 1 aliphatic rings. The summed E-state index contributed by atoms with van der Waals surface area (Å²) < 4.78 is 12.0. The predicted molar refractivity (Wildman–Crippen MR) is 131 cm³/mol. The van der Waals surface area contributed by atoms with Gasteiger partial charge in [0, 0.05) is 25.3 Å². The number of ether oxygens (including phenoxy) is 1. The van der Waals surface area contributed by atoms with Crippen LogP contribution in [0, 0.1) is 6.92 Å². The first kappa shape index (κ1) is 26.9. The zero-order valence-corrected chi connectivity index (χ0v) is 21.1. The second-order valence-corrected chi connectivity index (χ2v) is 9.46. The second kappa shape index (κ2) is 13.4. The van der Waals surface area contributed by atoms with Crippen molar-refractivity contribution in [2.75, 3.05) is 13.2 Å². The summed E-state index contributed by atoms with van der Waals surface area (Å²) in [4.78, 5) is 32.7. The number of aromatic nitrogens is 1. The fourth-order valence-corrected chi connectivity index (χ4v) is 4.51. The molecule has 1 heterocycles. The first-order chi connectivity index (χ1) is 16.9. The highest BCUT2D eigenvalue weighted by Crippen LogP contribution is 2.33. The molecule has 0 atom stereocenters. The van der Waals surface area contributed by atoms with Crippen LogP contribution in [-0.2, 0) is 33.8 Å². The molecule has 8 heteroatoms. The minimum absolute atomic E-state index is 0.0285. The number of hydrogen-bond acceptors (Lipinski definition) is 7. The van der Waals surface area contributed by atoms with Crippen molar-refractivity contribution in [3.05, 3.63) is 46.7 Å². The van der Waals surface area contributed by atoms with E-state index in [2.05, 4.69) is 0 Å². The van der Waals surface area contributed by atoms with Crippen molar-refractivity contribution in [1.82, 2.24) is 10.0 Å². The molecule has 3 rings (SSSR count). The Hall–Kier alpha value is -2.71. The van der Waals surface area contributed by atoms with Crippen LogP contribution in [0.1, 0.15) is 86.8 Å². The van der Waals surface area contributed by atoms with E-state index in [0.717, 1.165) is 47.6 Å². The minimum atomic E-state index is -0.852. The molecule has 1 aromatic carbocycles. The Labute approximate surface area is 207 Å². The number of carboxylic acids is 1. The lowest BCUT2D eigenvalue weighted by atomic mass is 9.89. The molecule has 1 fully saturated rings. The number of aryl methyl sites for hydroxylation is 2. The zero-order valence-electron chi connectivity index (χ0n) is 21.1. The van der Waals surface area contributed by atoms with E-state index in [4.69, 9.17) is 24.1 Å². The number of carbonyl (C=O) groups excluding carboxylic acids is 1. The number of benzene rings is 1. The van der Waals surface area contributed by atoms with Gasteiger partial charge in [-0.2, -0.15) is 5.06 Å². The van der Waals surface area contributed by atoms with Crippen LogP contribution in [0.25, 0.3) is 0 Å². The number of carbonyl (C=O) groups is 2. The summed E-state index contributed by atoms with van der Waals surface area (Å²) in [7, 11) is 0. The molecule has 1 aliphatic carbocycles. The van der Waals surface area contributed by atoms with Gasteiger partial charge in [-0.05, 0) is 63.3 Å². The number of aliphatic carboxylic acids is 1. The second-order valence-electron chi connectivity index (χ2n) is 9.46. The molecule has 8 nitrogen and oxygen atoms in total. The Balaban J connectivity index is 1.66. The lowest BCUT2D eigenvalue weighted by Gasteiger charge is -2.23. The molecule has 0 saturated heterocycles. The predicted octanol–water partition coefficient (Wildman–Crippen LogP) is 5.01. The summed E-state index contributed by atoms with van der Waals surface area (Å²) >= 11 is 0. The van der Waals surface area contributed by atoms with E-state index in [1.807, 2.05) is 39.0 Å². The summed E-state index contributed by atoms with van der Waals surface area (Å²) in [6.45, 7) is 6.68. The molecular weight excluding hydrogens is 448 g/mol. The molecule has 0 bridgehead atoms. The van der Waals surface area contributed by atoms with Crippen molar-refractivity contribution >= 4 is 12.3 Å². The molecule has 0 unspecified atom stereocenters. The summed E-state index contributed by atoms with van der Waals surface area (Å²) in [6.07, 6.45) is 7.84. The summed E-state index contributed by atoms with van der Waals surface area (Å²) in [5.74, 6) is 1.98. The number of hydrogen-bond donors (Lipinski definition) is 1. The van der Waals surface area contributed by atoms with Crippen LogP contribution in [0.4, 0.5) is 0 Å². The van der Waals surface area contributed by atoms with Crippen LogP contribution in [-0.4, -0.2) is 46.7 Å². The molecular formula is C27H38N2O6. The van der Waals surface area contributed by atoms with E-state index in [9.17, 15) is 9.59 Å². The highest BCUT2D eigenvalue weighted by molar-refractivity contribution is 5.67. The lowest BCUT2D eigenvalue weighted by Crippen LogP contribution is -2.29. The Morgan fingerprint density at radius 2 is 2.00 bits per heavy atom. The average Bonchev–Trinajstić information content (AvgIpc) is 3.19. The van der Waals surface area contributed by atoms with E-state index in [1.54, 1.807) is 5.06 Å². The molecule has 2 aromatic rings. The summed E-state index contributed by atoms with van der Waals surface area (Å²) in [5.41, 5.74) is 2.71. The summed E-state index contributed by atoms with van der Waals surface area (Å²) in [5, 5.41) is 10.7. The Morgan fingerprint density at radius 3 is 2.69 bits per heavy atom. The Morgan fingerprint density at radius 1 is 1.23 bits per heavy atom. The van der Waals surface area contributed by atoms with Gasteiger partial charge in [-0.1, -0.05) is 25.3 Å². The quantitative estimate of drug-likeness (QED) is 0.294. The fraction of sp³-hybridized carbons (Fsp3) is 0.593. The third-order valence-corrected chi connectivity index (χ3v) is 6.24. The standard InChI is InChI=1S/C27H38N2O6/c1-19(2)35-29(14-15-30)18-23-17-24(11-9-21(23)10-12-26(31)32)33-16-13-25-20(3)34-27(28-25)22-7-5-4-6-8-22/h9,11,15,17,19,22H,4-8,10,12-14,16,18H2,1-3H3,(H,31,32). The van der Waals surface area contributed by atoms with Gasteiger partial charge in [0.15, 0.2) is 5.89 Å².